The smallest absolute Gasteiger partial charge is 0.122 e. The molecule has 2 nitrogen and oxygen atoms in total. The Hall–Kier alpha value is -1.02. The lowest BCUT2D eigenvalue weighted by Crippen LogP contribution is -2.16. The lowest BCUT2D eigenvalue weighted by molar-refractivity contribution is 0.328. The SMILES string of the molecule is CCOc1ccc(C(C)(C)C)cc1C(C)C(C)CCN. The fourth-order valence-corrected chi connectivity index (χ4v) is 2.48. The molecule has 0 aliphatic rings. The van der Waals surface area contributed by atoms with Crippen molar-refractivity contribution in [2.24, 2.45) is 11.7 Å². The molecule has 20 heavy (non-hydrogen) atoms. The van der Waals surface area contributed by atoms with E-state index in [2.05, 4.69) is 52.8 Å². The van der Waals surface area contributed by atoms with Gasteiger partial charge in [-0.25, -0.2) is 0 Å². The second kappa shape index (κ2) is 7.12. The van der Waals surface area contributed by atoms with E-state index in [4.69, 9.17) is 10.5 Å². The zero-order chi connectivity index (χ0) is 15.3. The summed E-state index contributed by atoms with van der Waals surface area (Å²) in [5, 5.41) is 0. The van der Waals surface area contributed by atoms with Crippen LogP contribution in [0.2, 0.25) is 0 Å². The van der Waals surface area contributed by atoms with E-state index in [-0.39, 0.29) is 5.41 Å². The summed E-state index contributed by atoms with van der Waals surface area (Å²) in [4.78, 5) is 0. The molecule has 0 aliphatic carbocycles. The van der Waals surface area contributed by atoms with Crippen LogP contribution in [-0.2, 0) is 5.41 Å². The van der Waals surface area contributed by atoms with Crippen molar-refractivity contribution in [3.05, 3.63) is 29.3 Å². The van der Waals surface area contributed by atoms with Crippen LogP contribution in [-0.4, -0.2) is 13.2 Å². The zero-order valence-corrected chi connectivity index (χ0v) is 14.0. The molecule has 1 aromatic carbocycles. The van der Waals surface area contributed by atoms with Gasteiger partial charge in [-0.15, -0.1) is 0 Å². The molecular formula is C18H31NO. The van der Waals surface area contributed by atoms with Crippen molar-refractivity contribution in [3.8, 4) is 5.75 Å². The molecule has 1 aromatic rings. The third-order valence-electron chi connectivity index (χ3n) is 4.14. The highest BCUT2D eigenvalue weighted by molar-refractivity contribution is 5.42. The maximum atomic E-state index is 5.82. The van der Waals surface area contributed by atoms with Crippen molar-refractivity contribution in [2.45, 2.75) is 59.3 Å². The molecule has 0 aromatic heterocycles. The van der Waals surface area contributed by atoms with Crippen LogP contribution in [0.4, 0.5) is 0 Å². The molecule has 1 rings (SSSR count). The topological polar surface area (TPSA) is 35.2 Å². The van der Waals surface area contributed by atoms with Crippen LogP contribution < -0.4 is 10.5 Å². The van der Waals surface area contributed by atoms with Crippen molar-refractivity contribution in [3.63, 3.8) is 0 Å². The Labute approximate surface area is 124 Å². The molecule has 0 saturated heterocycles. The van der Waals surface area contributed by atoms with Crippen molar-refractivity contribution >= 4 is 0 Å². The number of rotatable bonds is 6. The lowest BCUT2D eigenvalue weighted by Gasteiger charge is -2.26. The normalized spacial score (nSPS) is 14.9. The fraction of sp³-hybridized carbons (Fsp3) is 0.667. The van der Waals surface area contributed by atoms with Gasteiger partial charge in [0.05, 0.1) is 6.61 Å². The summed E-state index contributed by atoms with van der Waals surface area (Å²) >= 11 is 0. The second-order valence-electron chi connectivity index (χ2n) is 6.78. The van der Waals surface area contributed by atoms with E-state index < -0.39 is 0 Å². The minimum absolute atomic E-state index is 0.163. The predicted octanol–water partition coefficient (Wildman–Crippen LogP) is 4.47. The second-order valence-corrected chi connectivity index (χ2v) is 6.78. The van der Waals surface area contributed by atoms with E-state index in [0.717, 1.165) is 18.7 Å². The van der Waals surface area contributed by atoms with Gasteiger partial charge in [0, 0.05) is 0 Å². The van der Waals surface area contributed by atoms with E-state index >= 15 is 0 Å². The minimum Gasteiger partial charge on any atom is -0.494 e. The number of ether oxygens (including phenoxy) is 1. The molecule has 0 amide bonds. The first-order chi connectivity index (χ1) is 9.31. The van der Waals surface area contributed by atoms with Crippen LogP contribution in [0.5, 0.6) is 5.75 Å². The Morgan fingerprint density at radius 3 is 2.35 bits per heavy atom. The Bertz CT molecular complexity index is 420. The Morgan fingerprint density at radius 1 is 1.20 bits per heavy atom. The van der Waals surface area contributed by atoms with Crippen LogP contribution >= 0.6 is 0 Å². The first kappa shape index (κ1) is 17.0. The molecule has 2 N–H and O–H groups in total. The highest BCUT2D eigenvalue weighted by atomic mass is 16.5. The van der Waals surface area contributed by atoms with Crippen LogP contribution in [0.1, 0.15) is 65.0 Å². The van der Waals surface area contributed by atoms with Gasteiger partial charge in [0.25, 0.3) is 0 Å². The van der Waals surface area contributed by atoms with Gasteiger partial charge < -0.3 is 10.5 Å². The summed E-state index contributed by atoms with van der Waals surface area (Å²) < 4.78 is 5.82. The molecule has 2 unspecified atom stereocenters. The van der Waals surface area contributed by atoms with Crippen molar-refractivity contribution < 1.29 is 4.74 Å². The average Bonchev–Trinajstić information content (AvgIpc) is 2.37. The first-order valence-corrected chi connectivity index (χ1v) is 7.78. The van der Waals surface area contributed by atoms with Gasteiger partial charge in [-0.3, -0.25) is 0 Å². The van der Waals surface area contributed by atoms with Crippen molar-refractivity contribution in [2.75, 3.05) is 13.2 Å². The van der Waals surface area contributed by atoms with Gasteiger partial charge >= 0.3 is 0 Å². The van der Waals surface area contributed by atoms with Crippen LogP contribution in [0.25, 0.3) is 0 Å². The Balaban J connectivity index is 3.17. The quantitative estimate of drug-likeness (QED) is 0.832. The van der Waals surface area contributed by atoms with E-state index in [1.807, 2.05) is 6.92 Å². The number of nitrogens with two attached hydrogens (primary N) is 1. The fourth-order valence-electron chi connectivity index (χ4n) is 2.48. The first-order valence-electron chi connectivity index (χ1n) is 7.78. The van der Waals surface area contributed by atoms with E-state index in [0.29, 0.717) is 18.4 Å². The molecule has 0 heterocycles. The molecule has 2 atom stereocenters. The lowest BCUT2D eigenvalue weighted by atomic mass is 9.81. The Kier molecular flexibility index (Phi) is 6.07. The van der Waals surface area contributed by atoms with Gasteiger partial charge in [-0.1, -0.05) is 46.8 Å². The largest absolute Gasteiger partial charge is 0.494 e. The highest BCUT2D eigenvalue weighted by Crippen LogP contribution is 2.36. The summed E-state index contributed by atoms with van der Waals surface area (Å²) in [5.41, 5.74) is 8.56. The predicted molar refractivity (Wildman–Crippen MR) is 87.6 cm³/mol. The van der Waals surface area contributed by atoms with Crippen LogP contribution in [0, 0.1) is 5.92 Å². The molecule has 0 aliphatic heterocycles. The van der Waals surface area contributed by atoms with Gasteiger partial charge in [0.1, 0.15) is 5.75 Å². The highest BCUT2D eigenvalue weighted by Gasteiger charge is 2.21. The number of hydrogen-bond acceptors (Lipinski definition) is 2. The zero-order valence-electron chi connectivity index (χ0n) is 14.0. The number of hydrogen-bond donors (Lipinski definition) is 1. The molecule has 0 fully saturated rings. The molecule has 0 saturated carbocycles. The third kappa shape index (κ3) is 4.24. The third-order valence-corrected chi connectivity index (χ3v) is 4.14. The van der Waals surface area contributed by atoms with Crippen LogP contribution in [0.3, 0.4) is 0 Å². The standard InChI is InChI=1S/C18H31NO/c1-7-20-17-9-8-15(18(4,5)6)12-16(17)14(3)13(2)10-11-19/h8-9,12-14H,7,10-11,19H2,1-6H3. The van der Waals surface area contributed by atoms with Gasteiger partial charge in [-0.2, -0.15) is 0 Å². The molecule has 114 valence electrons. The summed E-state index contributed by atoms with van der Waals surface area (Å²) in [6.45, 7) is 14.8. The molecule has 0 spiro atoms. The molecule has 2 heteroatoms. The summed E-state index contributed by atoms with van der Waals surface area (Å²) in [6, 6.07) is 6.64. The van der Waals surface area contributed by atoms with Crippen molar-refractivity contribution in [1.29, 1.82) is 0 Å². The van der Waals surface area contributed by atoms with E-state index in [1.54, 1.807) is 0 Å². The van der Waals surface area contributed by atoms with E-state index in [1.165, 1.54) is 11.1 Å². The van der Waals surface area contributed by atoms with E-state index in [9.17, 15) is 0 Å². The molecule has 0 radical (unpaired) electrons. The summed E-state index contributed by atoms with van der Waals surface area (Å²) in [7, 11) is 0. The minimum atomic E-state index is 0.163. The van der Waals surface area contributed by atoms with Gasteiger partial charge in [0.2, 0.25) is 0 Å². The summed E-state index contributed by atoms with van der Waals surface area (Å²) in [6.07, 6.45) is 1.05. The molecule has 0 bridgehead atoms. The monoisotopic (exact) mass is 277 g/mol. The Morgan fingerprint density at radius 2 is 1.85 bits per heavy atom. The van der Waals surface area contributed by atoms with Crippen molar-refractivity contribution in [1.82, 2.24) is 0 Å². The average molecular weight is 277 g/mol. The van der Waals surface area contributed by atoms with Gasteiger partial charge in [-0.05, 0) is 54.3 Å². The number of benzene rings is 1. The maximum Gasteiger partial charge on any atom is 0.122 e. The van der Waals surface area contributed by atoms with Crippen LogP contribution in [0.15, 0.2) is 18.2 Å². The molecular weight excluding hydrogens is 246 g/mol. The maximum absolute atomic E-state index is 5.82. The van der Waals surface area contributed by atoms with Gasteiger partial charge in [0.15, 0.2) is 0 Å². The summed E-state index contributed by atoms with van der Waals surface area (Å²) in [5.74, 6) is 2.05.